The van der Waals surface area contributed by atoms with Gasteiger partial charge in [-0.1, -0.05) is 44.2 Å². The lowest BCUT2D eigenvalue weighted by Gasteiger charge is -2.37. The van der Waals surface area contributed by atoms with Crippen molar-refractivity contribution in [2.75, 3.05) is 19.0 Å². The van der Waals surface area contributed by atoms with Crippen LogP contribution in [0.25, 0.3) is 0 Å². The number of benzene rings is 2. The summed E-state index contributed by atoms with van der Waals surface area (Å²) < 4.78 is 11.8. The molecule has 0 saturated heterocycles. The average molecular weight is 430 g/mol. The molecule has 0 saturated carbocycles. The largest absolute Gasteiger partial charge is 0.490 e. The maximum Gasteiger partial charge on any atom is 0.162 e. The fourth-order valence-electron chi connectivity index (χ4n) is 4.06. The molecule has 0 radical (unpaired) electrons. The van der Waals surface area contributed by atoms with E-state index in [-0.39, 0.29) is 17.7 Å². The van der Waals surface area contributed by atoms with E-state index in [2.05, 4.69) is 48.6 Å². The first kappa shape index (κ1) is 23.0. The van der Waals surface area contributed by atoms with E-state index in [0.717, 1.165) is 36.5 Å². The Hall–Kier alpha value is -1.69. The number of aliphatic hydroxyl groups is 1. The molecule has 0 fully saturated rings. The summed E-state index contributed by atoms with van der Waals surface area (Å²) in [4.78, 5) is 1.21. The van der Waals surface area contributed by atoms with Crippen LogP contribution in [0.5, 0.6) is 11.5 Å². The van der Waals surface area contributed by atoms with E-state index in [9.17, 15) is 5.11 Å². The van der Waals surface area contributed by atoms with E-state index >= 15 is 0 Å². The zero-order valence-corrected chi connectivity index (χ0v) is 19.4. The van der Waals surface area contributed by atoms with Crippen molar-refractivity contribution in [3.8, 4) is 11.5 Å². The Labute approximate surface area is 185 Å². The van der Waals surface area contributed by atoms with Crippen LogP contribution in [0.3, 0.4) is 0 Å². The summed E-state index contributed by atoms with van der Waals surface area (Å²) >= 11 is 1.85. The molecule has 0 spiro atoms. The molecule has 164 valence electrons. The molecule has 0 amide bonds. The summed E-state index contributed by atoms with van der Waals surface area (Å²) in [6.45, 7) is 9.45. The van der Waals surface area contributed by atoms with Gasteiger partial charge in [-0.25, -0.2) is 0 Å². The summed E-state index contributed by atoms with van der Waals surface area (Å²) in [5.74, 6) is 2.49. The van der Waals surface area contributed by atoms with Crippen LogP contribution >= 0.6 is 11.8 Å². The van der Waals surface area contributed by atoms with Crippen molar-refractivity contribution in [2.45, 2.75) is 69.5 Å². The maximum atomic E-state index is 10.5. The molecular weight excluding hydrogens is 394 g/mol. The lowest BCUT2D eigenvalue weighted by molar-refractivity contribution is 0.116. The van der Waals surface area contributed by atoms with Crippen LogP contribution in [0.4, 0.5) is 0 Å². The molecule has 1 aliphatic heterocycles. The van der Waals surface area contributed by atoms with E-state index in [1.807, 2.05) is 38.6 Å². The third-order valence-electron chi connectivity index (χ3n) is 5.85. The van der Waals surface area contributed by atoms with Gasteiger partial charge >= 0.3 is 0 Å². The van der Waals surface area contributed by atoms with Gasteiger partial charge in [0.2, 0.25) is 0 Å². The molecule has 2 N–H and O–H groups in total. The molecule has 1 aliphatic rings. The quantitative estimate of drug-likeness (QED) is 0.545. The highest BCUT2D eigenvalue weighted by Gasteiger charge is 2.37. The van der Waals surface area contributed by atoms with Crippen LogP contribution in [-0.2, 0) is 0 Å². The number of thioether (sulfide) groups is 1. The predicted octanol–water partition coefficient (Wildman–Crippen LogP) is 5.58. The number of hydrogen-bond acceptors (Lipinski definition) is 5. The normalized spacial score (nSPS) is 22.1. The van der Waals surface area contributed by atoms with Gasteiger partial charge in [-0.2, -0.15) is 0 Å². The molecule has 3 unspecified atom stereocenters. The van der Waals surface area contributed by atoms with Crippen LogP contribution in [-0.4, -0.2) is 35.7 Å². The molecule has 3 atom stereocenters. The molecule has 4 nitrogen and oxygen atoms in total. The number of aliphatic hydroxyl groups excluding tert-OH is 1. The molecule has 0 bridgehead atoms. The molecule has 2 aromatic rings. The number of fused-ring (bicyclic) bond motifs is 1. The Balaban J connectivity index is 2.11. The Kier molecular flexibility index (Phi) is 8.09. The van der Waals surface area contributed by atoms with Gasteiger partial charge in [0.25, 0.3) is 0 Å². The average Bonchev–Trinajstić information content (AvgIpc) is 2.92. The molecule has 1 heterocycles. The summed E-state index contributed by atoms with van der Waals surface area (Å²) in [5, 5.41) is 14.5. The lowest BCUT2D eigenvalue weighted by atomic mass is 9.87. The second-order valence-corrected chi connectivity index (χ2v) is 8.90. The number of rotatable bonds is 9. The van der Waals surface area contributed by atoms with Crippen molar-refractivity contribution in [2.24, 2.45) is 0 Å². The van der Waals surface area contributed by atoms with Crippen molar-refractivity contribution in [3.63, 3.8) is 0 Å². The van der Waals surface area contributed by atoms with Gasteiger partial charge in [0.1, 0.15) is 0 Å². The van der Waals surface area contributed by atoms with E-state index < -0.39 is 0 Å². The third kappa shape index (κ3) is 5.13. The SMILES string of the molecule is CCOc1cc2c(cc1OCC)C(c1ccccc1)NC(CC)(CC(O)CC)CS2. The molecule has 3 rings (SSSR count). The minimum absolute atomic E-state index is 0.0232. The zero-order valence-electron chi connectivity index (χ0n) is 18.6. The Morgan fingerprint density at radius 1 is 1.07 bits per heavy atom. The summed E-state index contributed by atoms with van der Waals surface area (Å²) in [6.07, 6.45) is 2.14. The van der Waals surface area contributed by atoms with Crippen LogP contribution < -0.4 is 14.8 Å². The third-order valence-corrected chi connectivity index (χ3v) is 7.21. The topological polar surface area (TPSA) is 50.7 Å². The van der Waals surface area contributed by atoms with Crippen LogP contribution in [0.2, 0.25) is 0 Å². The number of ether oxygens (including phenoxy) is 2. The van der Waals surface area contributed by atoms with E-state index in [1.165, 1.54) is 16.0 Å². The van der Waals surface area contributed by atoms with Gasteiger partial charge in [0.15, 0.2) is 11.5 Å². The van der Waals surface area contributed by atoms with Crippen LogP contribution in [0.1, 0.15) is 64.1 Å². The number of hydrogen-bond donors (Lipinski definition) is 2. The Bertz CT molecular complexity index is 814. The van der Waals surface area contributed by atoms with Crippen molar-refractivity contribution >= 4 is 11.8 Å². The van der Waals surface area contributed by atoms with Gasteiger partial charge in [0, 0.05) is 16.2 Å². The zero-order chi connectivity index (χ0) is 21.6. The maximum absolute atomic E-state index is 10.5. The van der Waals surface area contributed by atoms with Crippen molar-refractivity contribution < 1.29 is 14.6 Å². The van der Waals surface area contributed by atoms with Gasteiger partial charge < -0.3 is 14.6 Å². The molecule has 30 heavy (non-hydrogen) atoms. The molecule has 2 aromatic carbocycles. The molecule has 5 heteroatoms. The molecular formula is C25H35NO3S. The number of nitrogens with one attached hydrogen (secondary N) is 1. The van der Waals surface area contributed by atoms with Crippen molar-refractivity contribution in [1.29, 1.82) is 0 Å². The minimum Gasteiger partial charge on any atom is -0.490 e. The first-order valence-electron chi connectivity index (χ1n) is 11.1. The first-order chi connectivity index (χ1) is 14.6. The van der Waals surface area contributed by atoms with E-state index in [1.54, 1.807) is 0 Å². The predicted molar refractivity (Wildman–Crippen MR) is 125 cm³/mol. The van der Waals surface area contributed by atoms with Gasteiger partial charge in [-0.15, -0.1) is 11.8 Å². The second kappa shape index (κ2) is 10.6. The smallest absolute Gasteiger partial charge is 0.162 e. The fourth-order valence-corrected chi connectivity index (χ4v) is 5.43. The second-order valence-electron chi connectivity index (χ2n) is 7.88. The fraction of sp³-hybridized carbons (Fsp3) is 0.520. The highest BCUT2D eigenvalue weighted by Crippen LogP contribution is 2.45. The van der Waals surface area contributed by atoms with E-state index in [4.69, 9.17) is 9.47 Å². The lowest BCUT2D eigenvalue weighted by Crippen LogP contribution is -2.50. The summed E-state index contributed by atoms with van der Waals surface area (Å²) in [7, 11) is 0. The summed E-state index contributed by atoms with van der Waals surface area (Å²) in [6, 6.07) is 14.9. The Morgan fingerprint density at radius 3 is 2.33 bits per heavy atom. The van der Waals surface area contributed by atoms with Crippen molar-refractivity contribution in [3.05, 3.63) is 53.6 Å². The highest BCUT2D eigenvalue weighted by atomic mass is 32.2. The van der Waals surface area contributed by atoms with Crippen LogP contribution in [0.15, 0.2) is 47.4 Å². The van der Waals surface area contributed by atoms with E-state index in [0.29, 0.717) is 13.2 Å². The van der Waals surface area contributed by atoms with Gasteiger partial charge in [-0.05, 0) is 56.4 Å². The summed E-state index contributed by atoms with van der Waals surface area (Å²) in [5.41, 5.74) is 2.27. The highest BCUT2D eigenvalue weighted by molar-refractivity contribution is 7.99. The minimum atomic E-state index is -0.311. The van der Waals surface area contributed by atoms with Crippen molar-refractivity contribution in [1.82, 2.24) is 5.32 Å². The Morgan fingerprint density at radius 2 is 1.73 bits per heavy atom. The molecule has 0 aromatic heterocycles. The monoisotopic (exact) mass is 429 g/mol. The molecule has 0 aliphatic carbocycles. The van der Waals surface area contributed by atoms with Gasteiger partial charge in [0.05, 0.1) is 25.4 Å². The van der Waals surface area contributed by atoms with Gasteiger partial charge in [-0.3, -0.25) is 5.32 Å². The first-order valence-corrected chi connectivity index (χ1v) is 12.1. The van der Waals surface area contributed by atoms with Crippen LogP contribution in [0, 0.1) is 0 Å². The standard InChI is InChI=1S/C25H35NO3S/c1-5-19(27)16-25(6-2)17-30-23-15-22(29-8-4)21(28-7-3)14-20(23)24(26-25)18-12-10-9-11-13-18/h9-15,19,24,26-27H,5-8,16-17H2,1-4H3.